The molecule has 0 amide bonds. The SMILES string of the molecule is FC(F)Oc1ccc(CNc2cc(C(F)(F)F)nc(-c3cccnc3)n2)nc1. The minimum atomic E-state index is -4.66. The van der Waals surface area contributed by atoms with Crippen molar-refractivity contribution in [3.05, 3.63) is 60.3 Å². The Bertz CT molecular complexity index is 919. The van der Waals surface area contributed by atoms with Gasteiger partial charge >= 0.3 is 12.8 Å². The van der Waals surface area contributed by atoms with E-state index in [2.05, 4.69) is 30.0 Å². The highest BCUT2D eigenvalue weighted by Gasteiger charge is 2.33. The lowest BCUT2D eigenvalue weighted by Gasteiger charge is -2.12. The van der Waals surface area contributed by atoms with Crippen molar-refractivity contribution in [3.63, 3.8) is 0 Å². The van der Waals surface area contributed by atoms with Gasteiger partial charge in [0.05, 0.1) is 18.4 Å². The summed E-state index contributed by atoms with van der Waals surface area (Å²) in [5.41, 5.74) is -0.405. The summed E-state index contributed by atoms with van der Waals surface area (Å²) in [6.45, 7) is -2.96. The highest BCUT2D eigenvalue weighted by atomic mass is 19.4. The predicted octanol–water partition coefficient (Wildman–Crippen LogP) is 4.17. The highest BCUT2D eigenvalue weighted by molar-refractivity contribution is 5.56. The maximum absolute atomic E-state index is 13.2. The molecule has 3 aromatic heterocycles. The van der Waals surface area contributed by atoms with Gasteiger partial charge in [0.1, 0.15) is 11.6 Å². The summed E-state index contributed by atoms with van der Waals surface area (Å²) in [5, 5.41) is 2.72. The Morgan fingerprint density at radius 2 is 1.89 bits per heavy atom. The van der Waals surface area contributed by atoms with Crippen LogP contribution in [0.1, 0.15) is 11.4 Å². The summed E-state index contributed by atoms with van der Waals surface area (Å²) in [6, 6.07) is 6.54. The number of pyridine rings is 2. The Kier molecular flexibility index (Phi) is 5.62. The molecule has 0 atom stereocenters. The zero-order valence-electron chi connectivity index (χ0n) is 14.0. The molecular formula is C17H12F5N5O. The zero-order chi connectivity index (χ0) is 20.1. The van der Waals surface area contributed by atoms with E-state index in [-0.39, 0.29) is 23.9 Å². The Balaban J connectivity index is 1.81. The quantitative estimate of drug-likeness (QED) is 0.630. The third-order valence-electron chi connectivity index (χ3n) is 3.41. The van der Waals surface area contributed by atoms with Crippen LogP contribution in [0.5, 0.6) is 5.75 Å². The molecule has 0 aliphatic carbocycles. The number of anilines is 1. The molecule has 0 spiro atoms. The van der Waals surface area contributed by atoms with Crippen molar-refractivity contribution in [2.45, 2.75) is 19.3 Å². The number of hydrogen-bond donors (Lipinski definition) is 1. The maximum atomic E-state index is 13.2. The molecule has 0 radical (unpaired) electrons. The molecule has 3 aromatic rings. The summed E-state index contributed by atoms with van der Waals surface area (Å²) in [4.78, 5) is 15.4. The van der Waals surface area contributed by atoms with Gasteiger partial charge in [0.25, 0.3) is 0 Å². The third-order valence-corrected chi connectivity index (χ3v) is 3.41. The normalized spacial score (nSPS) is 11.5. The van der Waals surface area contributed by atoms with Gasteiger partial charge in [0.2, 0.25) is 0 Å². The van der Waals surface area contributed by atoms with Crippen LogP contribution in [0.15, 0.2) is 48.9 Å². The first-order chi connectivity index (χ1) is 13.3. The van der Waals surface area contributed by atoms with E-state index in [0.717, 1.165) is 12.3 Å². The number of hydrogen-bond acceptors (Lipinski definition) is 6. The monoisotopic (exact) mass is 397 g/mol. The van der Waals surface area contributed by atoms with Crippen LogP contribution >= 0.6 is 0 Å². The minimum absolute atomic E-state index is 0.00967. The minimum Gasteiger partial charge on any atom is -0.433 e. The van der Waals surface area contributed by atoms with Crippen LogP contribution in [0.3, 0.4) is 0 Å². The fourth-order valence-electron chi connectivity index (χ4n) is 2.18. The van der Waals surface area contributed by atoms with Gasteiger partial charge in [-0.2, -0.15) is 22.0 Å². The van der Waals surface area contributed by atoms with E-state index in [1.165, 1.54) is 30.6 Å². The predicted molar refractivity (Wildman–Crippen MR) is 88.5 cm³/mol. The molecule has 3 rings (SSSR count). The van der Waals surface area contributed by atoms with E-state index in [1.807, 2.05) is 0 Å². The van der Waals surface area contributed by atoms with Crippen molar-refractivity contribution in [3.8, 4) is 17.1 Å². The van der Waals surface area contributed by atoms with E-state index in [1.54, 1.807) is 6.07 Å². The van der Waals surface area contributed by atoms with E-state index >= 15 is 0 Å². The second-order valence-corrected chi connectivity index (χ2v) is 5.42. The number of halogens is 5. The molecule has 1 N–H and O–H groups in total. The average Bonchev–Trinajstić information content (AvgIpc) is 2.67. The first-order valence-electron chi connectivity index (χ1n) is 7.81. The van der Waals surface area contributed by atoms with Crippen LogP contribution in [0.4, 0.5) is 27.8 Å². The van der Waals surface area contributed by atoms with Crippen LogP contribution in [0.2, 0.25) is 0 Å². The van der Waals surface area contributed by atoms with Crippen LogP contribution < -0.4 is 10.1 Å². The first kappa shape index (κ1) is 19.4. The van der Waals surface area contributed by atoms with Gasteiger partial charge in [-0.15, -0.1) is 0 Å². The number of rotatable bonds is 6. The molecule has 11 heteroatoms. The standard InChI is InChI=1S/C17H12F5N5O/c18-16(19)28-12-4-3-11(24-9-12)8-25-14-6-13(17(20,21)22)26-15(27-14)10-2-1-5-23-7-10/h1-7,9,16H,8H2,(H,25,26,27). The zero-order valence-corrected chi connectivity index (χ0v) is 14.0. The molecule has 0 aromatic carbocycles. The van der Waals surface area contributed by atoms with E-state index in [9.17, 15) is 22.0 Å². The van der Waals surface area contributed by atoms with Gasteiger partial charge < -0.3 is 10.1 Å². The molecule has 0 aliphatic heterocycles. The van der Waals surface area contributed by atoms with Crippen molar-refractivity contribution in [1.29, 1.82) is 0 Å². The van der Waals surface area contributed by atoms with Gasteiger partial charge in [-0.3, -0.25) is 9.97 Å². The number of nitrogens with one attached hydrogen (secondary N) is 1. The van der Waals surface area contributed by atoms with Crippen molar-refractivity contribution in [1.82, 2.24) is 19.9 Å². The number of aromatic nitrogens is 4. The van der Waals surface area contributed by atoms with Crippen LogP contribution in [-0.2, 0) is 12.7 Å². The molecule has 146 valence electrons. The molecule has 6 nitrogen and oxygen atoms in total. The second kappa shape index (κ2) is 8.11. The van der Waals surface area contributed by atoms with Crippen molar-refractivity contribution >= 4 is 5.82 Å². The number of nitrogens with zero attached hydrogens (tertiary/aromatic N) is 4. The summed E-state index contributed by atoms with van der Waals surface area (Å²) in [7, 11) is 0. The lowest BCUT2D eigenvalue weighted by atomic mass is 10.2. The smallest absolute Gasteiger partial charge is 0.433 e. The van der Waals surface area contributed by atoms with Gasteiger partial charge in [0, 0.05) is 24.0 Å². The van der Waals surface area contributed by atoms with Crippen molar-refractivity contribution in [2.24, 2.45) is 0 Å². The average molecular weight is 397 g/mol. The van der Waals surface area contributed by atoms with Crippen LogP contribution in [0.25, 0.3) is 11.4 Å². The molecule has 0 saturated carbocycles. The summed E-state index contributed by atoms with van der Waals surface area (Å²) in [6.07, 6.45) is -0.750. The second-order valence-electron chi connectivity index (χ2n) is 5.42. The fourth-order valence-corrected chi connectivity index (χ4v) is 2.18. The lowest BCUT2D eigenvalue weighted by Crippen LogP contribution is -2.12. The van der Waals surface area contributed by atoms with Gasteiger partial charge in [0.15, 0.2) is 11.5 Å². The van der Waals surface area contributed by atoms with Crippen molar-refractivity contribution < 1.29 is 26.7 Å². The summed E-state index contributed by atoms with van der Waals surface area (Å²) in [5.74, 6) is -0.339. The van der Waals surface area contributed by atoms with Crippen LogP contribution in [-0.4, -0.2) is 26.5 Å². The maximum Gasteiger partial charge on any atom is 0.433 e. The number of ether oxygens (including phenoxy) is 1. The topological polar surface area (TPSA) is 72.8 Å². The molecular weight excluding hydrogens is 385 g/mol. The van der Waals surface area contributed by atoms with E-state index < -0.39 is 18.5 Å². The fraction of sp³-hybridized carbons (Fsp3) is 0.176. The van der Waals surface area contributed by atoms with Crippen LogP contribution in [0, 0.1) is 0 Å². The van der Waals surface area contributed by atoms with E-state index in [0.29, 0.717) is 11.3 Å². The van der Waals surface area contributed by atoms with E-state index in [4.69, 9.17) is 0 Å². The largest absolute Gasteiger partial charge is 0.433 e. The lowest BCUT2D eigenvalue weighted by molar-refractivity contribution is -0.141. The number of alkyl halides is 5. The Morgan fingerprint density at radius 3 is 2.50 bits per heavy atom. The highest BCUT2D eigenvalue weighted by Crippen LogP contribution is 2.30. The summed E-state index contributed by atoms with van der Waals surface area (Å²) < 4.78 is 67.9. The molecule has 3 heterocycles. The van der Waals surface area contributed by atoms with Crippen molar-refractivity contribution in [2.75, 3.05) is 5.32 Å². The van der Waals surface area contributed by atoms with Gasteiger partial charge in [-0.05, 0) is 24.3 Å². The molecule has 0 saturated heterocycles. The molecule has 0 fully saturated rings. The third kappa shape index (κ3) is 5.09. The Hall–Kier alpha value is -3.37. The Labute approximate surface area is 155 Å². The van der Waals surface area contributed by atoms with Gasteiger partial charge in [-0.1, -0.05) is 0 Å². The molecule has 0 unspecified atom stereocenters. The van der Waals surface area contributed by atoms with Gasteiger partial charge in [-0.25, -0.2) is 9.97 Å². The first-order valence-corrected chi connectivity index (χ1v) is 7.81. The summed E-state index contributed by atoms with van der Waals surface area (Å²) >= 11 is 0. The molecule has 0 aliphatic rings. The molecule has 0 bridgehead atoms. The molecule has 28 heavy (non-hydrogen) atoms. The Morgan fingerprint density at radius 1 is 1.07 bits per heavy atom.